The molecule has 10 heteroatoms. The number of hydrogen-bond acceptors (Lipinski definition) is 9. The standard InChI is InChI=1S/C22H20N4O5.C2H6O/c1-28-15-8-12(9-16(29-2)20(15)30-3)19-18-17(11-5-4-6-13(27)7-11)14(10-23)21(24)31-22(18)26-25-19;1-2-3/h4-9,17,27H,24H2,1-3H3,(H,25,26);3H,2H2,1H3. The Kier molecular flexibility index (Phi) is 7.50. The van der Waals surface area contributed by atoms with Gasteiger partial charge in [0, 0.05) is 12.2 Å². The van der Waals surface area contributed by atoms with Crippen LogP contribution >= 0.6 is 0 Å². The molecule has 0 bridgehead atoms. The summed E-state index contributed by atoms with van der Waals surface area (Å²) in [6, 6.07) is 12.3. The third kappa shape index (κ3) is 4.42. The average Bonchev–Trinajstić information content (AvgIpc) is 3.25. The fraction of sp³-hybridized carbons (Fsp3) is 0.250. The Labute approximate surface area is 196 Å². The Bertz CT molecular complexity index is 1220. The molecule has 4 rings (SSSR count). The number of nitrogens with two attached hydrogens (primary N) is 1. The van der Waals surface area contributed by atoms with Crippen molar-refractivity contribution in [1.82, 2.24) is 10.2 Å². The summed E-state index contributed by atoms with van der Waals surface area (Å²) in [6.45, 7) is 1.93. The first-order valence-electron chi connectivity index (χ1n) is 10.3. The number of aromatic hydroxyl groups is 1. The number of aliphatic hydroxyl groups excluding tert-OH is 1. The quantitative estimate of drug-likeness (QED) is 0.444. The van der Waals surface area contributed by atoms with Gasteiger partial charge in [0.1, 0.15) is 17.4 Å². The summed E-state index contributed by atoms with van der Waals surface area (Å²) in [5.41, 5.74) is 8.76. The number of methoxy groups -OCH3 is 3. The predicted molar refractivity (Wildman–Crippen MR) is 124 cm³/mol. The van der Waals surface area contributed by atoms with E-state index in [0.29, 0.717) is 39.6 Å². The summed E-state index contributed by atoms with van der Waals surface area (Å²) in [4.78, 5) is 0. The lowest BCUT2D eigenvalue weighted by atomic mass is 9.83. The first kappa shape index (κ1) is 24.3. The molecule has 5 N–H and O–H groups in total. The minimum Gasteiger partial charge on any atom is -0.508 e. The molecular formula is C24H26N4O6. The van der Waals surface area contributed by atoms with Crippen LogP contribution in [-0.2, 0) is 0 Å². The van der Waals surface area contributed by atoms with Gasteiger partial charge in [-0.05, 0) is 36.8 Å². The van der Waals surface area contributed by atoms with Gasteiger partial charge in [0.25, 0.3) is 0 Å². The van der Waals surface area contributed by atoms with E-state index in [1.807, 2.05) is 0 Å². The number of fused-ring (bicyclic) bond motifs is 1. The number of nitriles is 1. The molecule has 2 heterocycles. The van der Waals surface area contributed by atoms with Crippen LogP contribution in [0.3, 0.4) is 0 Å². The first-order valence-corrected chi connectivity index (χ1v) is 10.3. The van der Waals surface area contributed by atoms with E-state index in [4.69, 9.17) is 29.8 Å². The number of rotatable bonds is 5. The van der Waals surface area contributed by atoms with Crippen LogP contribution in [-0.4, -0.2) is 48.3 Å². The summed E-state index contributed by atoms with van der Waals surface area (Å²) in [5.74, 6) is 1.04. The number of benzene rings is 2. The van der Waals surface area contributed by atoms with Crippen LogP contribution in [0.5, 0.6) is 28.9 Å². The van der Waals surface area contributed by atoms with E-state index in [-0.39, 0.29) is 29.7 Å². The number of nitrogens with one attached hydrogen (secondary N) is 1. The molecule has 0 fully saturated rings. The van der Waals surface area contributed by atoms with Crippen molar-refractivity contribution in [2.24, 2.45) is 5.73 Å². The maximum Gasteiger partial charge on any atom is 0.244 e. The van der Waals surface area contributed by atoms with Crippen molar-refractivity contribution in [3.05, 3.63) is 59.0 Å². The molecule has 2 aromatic carbocycles. The van der Waals surface area contributed by atoms with Crippen molar-refractivity contribution in [2.45, 2.75) is 12.8 Å². The van der Waals surface area contributed by atoms with Crippen LogP contribution in [0.15, 0.2) is 47.9 Å². The van der Waals surface area contributed by atoms with Crippen LogP contribution in [0, 0.1) is 11.3 Å². The molecule has 0 amide bonds. The van der Waals surface area contributed by atoms with E-state index in [1.165, 1.54) is 21.3 Å². The molecule has 1 aromatic heterocycles. The van der Waals surface area contributed by atoms with Crippen molar-refractivity contribution < 1.29 is 29.2 Å². The fourth-order valence-corrected chi connectivity index (χ4v) is 3.73. The second-order valence-electron chi connectivity index (χ2n) is 7.07. The number of allylic oxidation sites excluding steroid dienone is 1. The van der Waals surface area contributed by atoms with E-state index < -0.39 is 5.92 Å². The number of ether oxygens (including phenoxy) is 4. The van der Waals surface area contributed by atoms with Gasteiger partial charge in [0.15, 0.2) is 11.5 Å². The molecule has 1 atom stereocenters. The van der Waals surface area contributed by atoms with Crippen molar-refractivity contribution in [2.75, 3.05) is 27.9 Å². The van der Waals surface area contributed by atoms with Crippen molar-refractivity contribution in [3.8, 4) is 46.2 Å². The van der Waals surface area contributed by atoms with Crippen LogP contribution in [0.4, 0.5) is 0 Å². The van der Waals surface area contributed by atoms with Crippen molar-refractivity contribution >= 4 is 0 Å². The number of aromatic amines is 1. The molecule has 0 spiro atoms. The van der Waals surface area contributed by atoms with E-state index >= 15 is 0 Å². The van der Waals surface area contributed by atoms with E-state index in [9.17, 15) is 10.4 Å². The van der Waals surface area contributed by atoms with Gasteiger partial charge in [-0.3, -0.25) is 5.10 Å². The number of phenolic OH excluding ortho intramolecular Hbond substituents is 1. The smallest absolute Gasteiger partial charge is 0.244 e. The molecular weight excluding hydrogens is 440 g/mol. The van der Waals surface area contributed by atoms with Crippen molar-refractivity contribution in [3.63, 3.8) is 0 Å². The zero-order chi connectivity index (χ0) is 24.8. The molecule has 10 nitrogen and oxygen atoms in total. The summed E-state index contributed by atoms with van der Waals surface area (Å²) in [6.07, 6.45) is 0. The normalized spacial score (nSPS) is 14.2. The number of hydrogen-bond donors (Lipinski definition) is 4. The summed E-state index contributed by atoms with van der Waals surface area (Å²) < 4.78 is 21.9. The van der Waals surface area contributed by atoms with Gasteiger partial charge >= 0.3 is 0 Å². The molecule has 178 valence electrons. The fourth-order valence-electron chi connectivity index (χ4n) is 3.73. The third-order valence-electron chi connectivity index (χ3n) is 5.10. The largest absolute Gasteiger partial charge is 0.508 e. The van der Waals surface area contributed by atoms with Crippen molar-refractivity contribution in [1.29, 1.82) is 5.26 Å². The molecule has 0 aliphatic carbocycles. The van der Waals surface area contributed by atoms with Crippen LogP contribution in [0.1, 0.15) is 24.0 Å². The zero-order valence-electron chi connectivity index (χ0n) is 19.2. The van der Waals surface area contributed by atoms with Crippen LogP contribution < -0.4 is 24.7 Å². The van der Waals surface area contributed by atoms with Crippen LogP contribution in [0.2, 0.25) is 0 Å². The molecule has 1 aliphatic heterocycles. The highest BCUT2D eigenvalue weighted by Gasteiger charge is 2.36. The van der Waals surface area contributed by atoms with Crippen LogP contribution in [0.25, 0.3) is 11.3 Å². The molecule has 1 aliphatic rings. The second-order valence-corrected chi connectivity index (χ2v) is 7.07. The highest BCUT2D eigenvalue weighted by atomic mass is 16.5. The minimum absolute atomic E-state index is 0.0358. The van der Waals surface area contributed by atoms with Gasteiger partial charge in [-0.15, -0.1) is 5.10 Å². The van der Waals surface area contributed by atoms with E-state index in [2.05, 4.69) is 16.3 Å². The molecule has 0 saturated heterocycles. The lowest BCUT2D eigenvalue weighted by molar-refractivity contribution is 0.318. The summed E-state index contributed by atoms with van der Waals surface area (Å²) in [5, 5.41) is 34.6. The average molecular weight is 466 g/mol. The monoisotopic (exact) mass is 466 g/mol. The number of aliphatic hydroxyl groups is 1. The second kappa shape index (κ2) is 10.5. The zero-order valence-corrected chi connectivity index (χ0v) is 19.2. The van der Waals surface area contributed by atoms with Gasteiger partial charge < -0.3 is 34.9 Å². The summed E-state index contributed by atoms with van der Waals surface area (Å²) >= 11 is 0. The van der Waals surface area contributed by atoms with Gasteiger partial charge in [0.05, 0.1) is 38.5 Å². The maximum atomic E-state index is 10.0. The summed E-state index contributed by atoms with van der Waals surface area (Å²) in [7, 11) is 4.58. The Morgan fingerprint density at radius 2 is 1.79 bits per heavy atom. The Balaban J connectivity index is 0.00000103. The molecule has 0 saturated carbocycles. The first-order chi connectivity index (χ1) is 16.4. The predicted octanol–water partition coefficient (Wildman–Crippen LogP) is 3.02. The SMILES string of the molecule is CCO.COc1cc(-c2[nH]nc3c2C(c2cccc(O)c2)C(C#N)=C(N)O3)cc(OC)c1OC. The molecule has 3 aromatic rings. The van der Waals surface area contributed by atoms with E-state index in [0.717, 1.165) is 0 Å². The lowest BCUT2D eigenvalue weighted by Gasteiger charge is -2.24. The van der Waals surface area contributed by atoms with Gasteiger partial charge in [0.2, 0.25) is 17.5 Å². The van der Waals surface area contributed by atoms with Gasteiger partial charge in [-0.25, -0.2) is 0 Å². The Morgan fingerprint density at radius 3 is 2.32 bits per heavy atom. The minimum atomic E-state index is -0.603. The van der Waals surface area contributed by atoms with Gasteiger partial charge in [-0.1, -0.05) is 12.1 Å². The molecule has 1 unspecified atom stereocenters. The topological polar surface area (TPSA) is 156 Å². The highest BCUT2D eigenvalue weighted by Crippen LogP contribution is 2.48. The Hall–Kier alpha value is -4.36. The molecule has 34 heavy (non-hydrogen) atoms. The molecule has 0 radical (unpaired) electrons. The number of aromatic nitrogens is 2. The maximum absolute atomic E-state index is 10.0. The highest BCUT2D eigenvalue weighted by molar-refractivity contribution is 5.75. The number of phenols is 1. The van der Waals surface area contributed by atoms with Gasteiger partial charge in [-0.2, -0.15) is 5.26 Å². The Morgan fingerprint density at radius 1 is 1.15 bits per heavy atom. The van der Waals surface area contributed by atoms with E-state index in [1.54, 1.807) is 43.3 Å². The lowest BCUT2D eigenvalue weighted by Crippen LogP contribution is -2.21. The number of nitrogens with zero attached hydrogens (tertiary/aromatic N) is 2. The third-order valence-corrected chi connectivity index (χ3v) is 5.10. The number of H-pyrrole nitrogens is 1.